The summed E-state index contributed by atoms with van der Waals surface area (Å²) >= 11 is 5.75. The van der Waals surface area contributed by atoms with Gasteiger partial charge in [0, 0.05) is 0 Å². The Morgan fingerprint density at radius 2 is 2.06 bits per heavy atom. The summed E-state index contributed by atoms with van der Waals surface area (Å²) in [5, 5.41) is 0.314. The molecule has 1 aliphatic carbocycles. The van der Waals surface area contributed by atoms with Crippen LogP contribution < -0.4 is 0 Å². The SMILES string of the molecule is CC1(C)CCC(OC(=O)c2cccc(Cl)n2)CC1. The van der Waals surface area contributed by atoms with Gasteiger partial charge in [0.2, 0.25) is 0 Å². The lowest BCUT2D eigenvalue weighted by atomic mass is 9.76. The molecule has 98 valence electrons. The third kappa shape index (κ3) is 3.45. The van der Waals surface area contributed by atoms with E-state index >= 15 is 0 Å². The summed E-state index contributed by atoms with van der Waals surface area (Å²) < 4.78 is 5.47. The highest BCUT2D eigenvalue weighted by Gasteiger charge is 2.29. The van der Waals surface area contributed by atoms with Gasteiger partial charge in [-0.3, -0.25) is 0 Å². The lowest BCUT2D eigenvalue weighted by Gasteiger charge is -2.33. The molecule has 0 amide bonds. The van der Waals surface area contributed by atoms with Crippen LogP contribution in [-0.4, -0.2) is 17.1 Å². The minimum Gasteiger partial charge on any atom is -0.458 e. The molecule has 4 heteroatoms. The van der Waals surface area contributed by atoms with Crippen LogP contribution in [0.3, 0.4) is 0 Å². The number of pyridine rings is 1. The predicted octanol–water partition coefficient (Wildman–Crippen LogP) is 3.86. The second-order valence-corrected chi connectivity index (χ2v) is 6.00. The standard InChI is InChI=1S/C14H18ClNO2/c1-14(2)8-6-10(7-9-14)18-13(17)11-4-3-5-12(15)16-11/h3-5,10H,6-9H2,1-2H3. The molecule has 0 unspecified atom stereocenters. The van der Waals surface area contributed by atoms with E-state index in [-0.39, 0.29) is 17.8 Å². The van der Waals surface area contributed by atoms with Crippen LogP contribution in [0.15, 0.2) is 18.2 Å². The molecule has 0 bridgehead atoms. The Labute approximate surface area is 113 Å². The van der Waals surface area contributed by atoms with Crippen LogP contribution in [0, 0.1) is 5.41 Å². The molecule has 0 radical (unpaired) electrons. The van der Waals surface area contributed by atoms with E-state index in [1.807, 2.05) is 0 Å². The van der Waals surface area contributed by atoms with Crippen LogP contribution >= 0.6 is 11.6 Å². The first-order valence-electron chi connectivity index (χ1n) is 6.30. The Bertz CT molecular complexity index is 435. The molecule has 0 spiro atoms. The van der Waals surface area contributed by atoms with Crippen molar-refractivity contribution < 1.29 is 9.53 Å². The lowest BCUT2D eigenvalue weighted by Crippen LogP contribution is -2.28. The van der Waals surface area contributed by atoms with Crippen molar-refractivity contribution in [1.82, 2.24) is 4.98 Å². The number of carbonyl (C=O) groups is 1. The van der Waals surface area contributed by atoms with Crippen molar-refractivity contribution in [3.05, 3.63) is 29.0 Å². The number of rotatable bonds is 2. The van der Waals surface area contributed by atoms with E-state index in [4.69, 9.17) is 16.3 Å². The van der Waals surface area contributed by atoms with Crippen molar-refractivity contribution in [2.24, 2.45) is 5.41 Å². The Hall–Kier alpha value is -1.09. The number of ether oxygens (including phenoxy) is 1. The van der Waals surface area contributed by atoms with E-state index < -0.39 is 0 Å². The van der Waals surface area contributed by atoms with Crippen LogP contribution in [0.5, 0.6) is 0 Å². The number of halogens is 1. The van der Waals surface area contributed by atoms with Crippen LogP contribution in [0.25, 0.3) is 0 Å². The maximum absolute atomic E-state index is 11.9. The van der Waals surface area contributed by atoms with Crippen molar-refractivity contribution in [3.8, 4) is 0 Å². The molecule has 1 saturated carbocycles. The first-order valence-corrected chi connectivity index (χ1v) is 6.68. The fourth-order valence-corrected chi connectivity index (χ4v) is 2.39. The van der Waals surface area contributed by atoms with E-state index in [9.17, 15) is 4.79 Å². The van der Waals surface area contributed by atoms with Gasteiger partial charge in [-0.1, -0.05) is 31.5 Å². The summed E-state index contributed by atoms with van der Waals surface area (Å²) in [7, 11) is 0. The average molecular weight is 268 g/mol. The maximum Gasteiger partial charge on any atom is 0.357 e. The zero-order valence-electron chi connectivity index (χ0n) is 10.8. The zero-order chi connectivity index (χ0) is 13.2. The molecular formula is C14H18ClNO2. The van der Waals surface area contributed by atoms with Crippen molar-refractivity contribution in [2.75, 3.05) is 0 Å². The van der Waals surface area contributed by atoms with E-state index in [1.165, 1.54) is 0 Å². The fraction of sp³-hybridized carbons (Fsp3) is 0.571. The zero-order valence-corrected chi connectivity index (χ0v) is 11.5. The minimum atomic E-state index is -0.373. The molecule has 0 N–H and O–H groups in total. The van der Waals surface area contributed by atoms with Gasteiger partial charge in [0.15, 0.2) is 0 Å². The van der Waals surface area contributed by atoms with Gasteiger partial charge in [0.1, 0.15) is 17.0 Å². The number of nitrogens with zero attached hydrogens (tertiary/aromatic N) is 1. The van der Waals surface area contributed by atoms with Gasteiger partial charge < -0.3 is 4.74 Å². The van der Waals surface area contributed by atoms with E-state index in [2.05, 4.69) is 18.8 Å². The van der Waals surface area contributed by atoms with Gasteiger partial charge in [-0.2, -0.15) is 0 Å². The van der Waals surface area contributed by atoms with Crippen LogP contribution in [0.4, 0.5) is 0 Å². The maximum atomic E-state index is 11.9. The molecule has 1 aromatic rings. The fourth-order valence-electron chi connectivity index (χ4n) is 2.22. The van der Waals surface area contributed by atoms with Gasteiger partial charge in [0.05, 0.1) is 0 Å². The predicted molar refractivity (Wildman–Crippen MR) is 70.7 cm³/mol. The van der Waals surface area contributed by atoms with Crippen LogP contribution in [0.2, 0.25) is 5.15 Å². The Morgan fingerprint density at radius 3 is 2.67 bits per heavy atom. The second-order valence-electron chi connectivity index (χ2n) is 5.61. The summed E-state index contributed by atoms with van der Waals surface area (Å²) in [6, 6.07) is 4.97. The van der Waals surface area contributed by atoms with Gasteiger partial charge in [0.25, 0.3) is 0 Å². The van der Waals surface area contributed by atoms with Gasteiger partial charge >= 0.3 is 5.97 Å². The molecule has 1 aliphatic rings. The molecule has 1 fully saturated rings. The van der Waals surface area contributed by atoms with Gasteiger partial charge in [-0.15, -0.1) is 0 Å². The summed E-state index contributed by atoms with van der Waals surface area (Å²) in [6.45, 7) is 4.51. The van der Waals surface area contributed by atoms with Crippen molar-refractivity contribution in [1.29, 1.82) is 0 Å². The van der Waals surface area contributed by atoms with Gasteiger partial charge in [-0.25, -0.2) is 9.78 Å². The third-order valence-corrected chi connectivity index (χ3v) is 3.69. The quantitative estimate of drug-likeness (QED) is 0.603. The number of carbonyl (C=O) groups excluding carboxylic acids is 1. The molecule has 0 aromatic carbocycles. The Balaban J connectivity index is 1.93. The molecule has 0 saturated heterocycles. The molecule has 2 rings (SSSR count). The van der Waals surface area contributed by atoms with E-state index in [0.717, 1.165) is 25.7 Å². The second kappa shape index (κ2) is 5.27. The van der Waals surface area contributed by atoms with E-state index in [0.29, 0.717) is 10.6 Å². The summed E-state index contributed by atoms with van der Waals surface area (Å²) in [6.07, 6.45) is 4.06. The summed E-state index contributed by atoms with van der Waals surface area (Å²) in [5.41, 5.74) is 0.657. The summed E-state index contributed by atoms with van der Waals surface area (Å²) in [4.78, 5) is 15.8. The lowest BCUT2D eigenvalue weighted by molar-refractivity contribution is 0.00891. The highest BCUT2D eigenvalue weighted by atomic mass is 35.5. The smallest absolute Gasteiger partial charge is 0.357 e. The molecule has 0 aliphatic heterocycles. The number of hydrogen-bond donors (Lipinski definition) is 0. The molecular weight excluding hydrogens is 250 g/mol. The van der Waals surface area contributed by atoms with Crippen LogP contribution in [-0.2, 0) is 4.74 Å². The average Bonchev–Trinajstić information content (AvgIpc) is 2.32. The monoisotopic (exact) mass is 267 g/mol. The first kappa shape index (κ1) is 13.3. The Morgan fingerprint density at radius 1 is 1.39 bits per heavy atom. The normalized spacial score (nSPS) is 19.5. The van der Waals surface area contributed by atoms with Crippen LogP contribution in [0.1, 0.15) is 50.0 Å². The van der Waals surface area contributed by atoms with E-state index in [1.54, 1.807) is 18.2 Å². The number of esters is 1. The highest BCUT2D eigenvalue weighted by Crippen LogP contribution is 2.36. The van der Waals surface area contributed by atoms with Crippen molar-refractivity contribution in [3.63, 3.8) is 0 Å². The molecule has 18 heavy (non-hydrogen) atoms. The van der Waals surface area contributed by atoms with Gasteiger partial charge in [-0.05, 0) is 43.2 Å². The summed E-state index contributed by atoms with van der Waals surface area (Å²) in [5.74, 6) is -0.373. The molecule has 0 atom stereocenters. The largest absolute Gasteiger partial charge is 0.458 e. The topological polar surface area (TPSA) is 39.2 Å². The molecule has 1 heterocycles. The number of aromatic nitrogens is 1. The Kier molecular flexibility index (Phi) is 3.91. The highest BCUT2D eigenvalue weighted by molar-refractivity contribution is 6.29. The third-order valence-electron chi connectivity index (χ3n) is 3.48. The first-order chi connectivity index (χ1) is 8.46. The van der Waals surface area contributed by atoms with Crippen molar-refractivity contribution >= 4 is 17.6 Å². The molecule has 1 aromatic heterocycles. The minimum absolute atomic E-state index is 0.0197. The molecule has 3 nitrogen and oxygen atoms in total. The van der Waals surface area contributed by atoms with Crippen molar-refractivity contribution in [2.45, 2.75) is 45.6 Å². The number of hydrogen-bond acceptors (Lipinski definition) is 3.